The van der Waals surface area contributed by atoms with E-state index in [-0.39, 0.29) is 10.8 Å². The fraction of sp³-hybridized carbons (Fsp3) is 0.250. The van der Waals surface area contributed by atoms with Crippen molar-refractivity contribution in [3.63, 3.8) is 0 Å². The summed E-state index contributed by atoms with van der Waals surface area (Å²) in [6, 6.07) is 4.65. The first kappa shape index (κ1) is 16.6. The van der Waals surface area contributed by atoms with Crippen LogP contribution in [0.5, 0.6) is 5.75 Å². The van der Waals surface area contributed by atoms with Crippen molar-refractivity contribution in [2.75, 3.05) is 12.4 Å². The van der Waals surface area contributed by atoms with Gasteiger partial charge in [-0.3, -0.25) is 4.79 Å². The Morgan fingerprint density at radius 2 is 1.96 bits per heavy atom. The number of anilines is 1. The smallest absolute Gasteiger partial charge is 0.416 e. The van der Waals surface area contributed by atoms with Gasteiger partial charge in [0.1, 0.15) is 16.3 Å². The number of hydrogen-bond donors (Lipinski definition) is 1. The van der Waals surface area contributed by atoms with E-state index in [2.05, 4.69) is 10.3 Å². The minimum absolute atomic E-state index is 0.118. The van der Waals surface area contributed by atoms with Gasteiger partial charge in [-0.05, 0) is 30.7 Å². The number of methoxy groups -OCH3 is 1. The number of pyridine rings is 1. The van der Waals surface area contributed by atoms with Gasteiger partial charge in [0.25, 0.3) is 0 Å². The van der Waals surface area contributed by atoms with E-state index in [1.807, 2.05) is 0 Å². The van der Waals surface area contributed by atoms with E-state index in [1.54, 1.807) is 6.92 Å². The Balaban J connectivity index is 2.21. The minimum Gasteiger partial charge on any atom is -0.495 e. The first-order chi connectivity index (χ1) is 11.2. The molecule has 1 N–H and O–H groups in total. The number of aromatic nitrogens is 1. The Morgan fingerprint density at radius 1 is 1.25 bits per heavy atom. The zero-order valence-electron chi connectivity index (χ0n) is 12.7. The van der Waals surface area contributed by atoms with Gasteiger partial charge in [0, 0.05) is 11.3 Å². The molecule has 0 saturated heterocycles. The Kier molecular flexibility index (Phi) is 3.71. The summed E-state index contributed by atoms with van der Waals surface area (Å²) in [6.45, 7) is 1.61. The molecule has 0 spiro atoms. The van der Waals surface area contributed by atoms with Crippen molar-refractivity contribution in [3.05, 3.63) is 52.3 Å². The van der Waals surface area contributed by atoms with Crippen molar-refractivity contribution in [1.29, 1.82) is 0 Å². The molecule has 1 aliphatic rings. The maximum Gasteiger partial charge on any atom is 0.416 e. The zero-order chi connectivity index (χ0) is 17.7. The van der Waals surface area contributed by atoms with Gasteiger partial charge in [-0.15, -0.1) is 0 Å². The van der Waals surface area contributed by atoms with Crippen molar-refractivity contribution >= 4 is 23.2 Å². The molecule has 0 bridgehead atoms. The SMILES string of the molecule is COc1cnc(Cl)cc1[C@@]1(C)C(=O)Nc2cc(C(F)(F)F)ccc21. The summed E-state index contributed by atoms with van der Waals surface area (Å²) in [5.74, 6) is -0.137. The molecule has 1 atom stereocenters. The fourth-order valence-electron chi connectivity index (χ4n) is 2.87. The lowest BCUT2D eigenvalue weighted by Gasteiger charge is -2.25. The second-order valence-electron chi connectivity index (χ2n) is 5.54. The second kappa shape index (κ2) is 5.37. The van der Waals surface area contributed by atoms with E-state index in [0.717, 1.165) is 12.1 Å². The number of rotatable bonds is 2. The van der Waals surface area contributed by atoms with Crippen molar-refractivity contribution in [1.82, 2.24) is 4.98 Å². The van der Waals surface area contributed by atoms with Crippen LogP contribution in [0.15, 0.2) is 30.5 Å². The Labute approximate surface area is 140 Å². The Hall–Kier alpha value is -2.28. The first-order valence-electron chi connectivity index (χ1n) is 6.91. The van der Waals surface area contributed by atoms with Crippen LogP contribution in [0.2, 0.25) is 5.15 Å². The molecule has 8 heteroatoms. The van der Waals surface area contributed by atoms with Crippen LogP contribution in [0, 0.1) is 0 Å². The molecule has 1 aliphatic heterocycles. The normalized spacial score (nSPS) is 19.8. The maximum atomic E-state index is 12.9. The number of ether oxygens (including phenoxy) is 1. The topological polar surface area (TPSA) is 51.2 Å². The number of nitrogens with one attached hydrogen (secondary N) is 1. The van der Waals surface area contributed by atoms with E-state index in [1.165, 1.54) is 25.4 Å². The van der Waals surface area contributed by atoms with E-state index < -0.39 is 23.1 Å². The molecule has 0 radical (unpaired) electrons. The number of carbonyl (C=O) groups is 1. The van der Waals surface area contributed by atoms with Crippen LogP contribution < -0.4 is 10.1 Å². The minimum atomic E-state index is -4.49. The average molecular weight is 357 g/mol. The third-order valence-electron chi connectivity index (χ3n) is 4.18. The summed E-state index contributed by atoms with van der Waals surface area (Å²) in [5.41, 5.74) is -1.10. The van der Waals surface area contributed by atoms with Crippen molar-refractivity contribution < 1.29 is 22.7 Å². The number of amides is 1. The first-order valence-corrected chi connectivity index (χ1v) is 7.29. The standard InChI is InChI=1S/C16H12ClF3N2O2/c1-15(10-6-13(17)21-7-12(10)24-2)9-4-3-8(16(18,19)20)5-11(9)22-14(15)23/h3-7H,1-2H3,(H,22,23)/t15-/m0/s1. The van der Waals surface area contributed by atoms with Gasteiger partial charge in [-0.1, -0.05) is 17.7 Å². The van der Waals surface area contributed by atoms with Crippen LogP contribution in [-0.4, -0.2) is 18.0 Å². The van der Waals surface area contributed by atoms with E-state index in [0.29, 0.717) is 16.9 Å². The molecule has 24 heavy (non-hydrogen) atoms. The molecular formula is C16H12ClF3N2O2. The highest BCUT2D eigenvalue weighted by molar-refractivity contribution is 6.29. The quantitative estimate of drug-likeness (QED) is 0.827. The molecule has 1 aromatic carbocycles. The van der Waals surface area contributed by atoms with Crippen LogP contribution in [0.3, 0.4) is 0 Å². The van der Waals surface area contributed by atoms with Crippen molar-refractivity contribution in [2.45, 2.75) is 18.5 Å². The number of halogens is 4. The zero-order valence-corrected chi connectivity index (χ0v) is 13.4. The van der Waals surface area contributed by atoms with Crippen LogP contribution >= 0.6 is 11.6 Å². The maximum absolute atomic E-state index is 12.9. The van der Waals surface area contributed by atoms with E-state index in [4.69, 9.17) is 16.3 Å². The average Bonchev–Trinajstić information content (AvgIpc) is 2.78. The Bertz CT molecular complexity index is 839. The van der Waals surface area contributed by atoms with Crippen molar-refractivity contribution in [3.8, 4) is 5.75 Å². The molecule has 1 aromatic heterocycles. The van der Waals surface area contributed by atoms with Gasteiger partial charge in [0.05, 0.1) is 18.9 Å². The van der Waals surface area contributed by atoms with Crippen LogP contribution in [0.1, 0.15) is 23.6 Å². The number of hydrogen-bond acceptors (Lipinski definition) is 3. The predicted molar refractivity (Wildman–Crippen MR) is 82.3 cm³/mol. The third-order valence-corrected chi connectivity index (χ3v) is 4.39. The van der Waals surface area contributed by atoms with Gasteiger partial charge in [-0.2, -0.15) is 13.2 Å². The molecule has 0 unspecified atom stereocenters. The molecule has 4 nitrogen and oxygen atoms in total. The van der Waals surface area contributed by atoms with E-state index >= 15 is 0 Å². The number of carbonyl (C=O) groups excluding carboxylic acids is 1. The van der Waals surface area contributed by atoms with Gasteiger partial charge in [0.2, 0.25) is 5.91 Å². The number of benzene rings is 1. The molecule has 0 aliphatic carbocycles. The number of fused-ring (bicyclic) bond motifs is 1. The third kappa shape index (κ3) is 2.39. The lowest BCUT2D eigenvalue weighted by Crippen LogP contribution is -2.32. The van der Waals surface area contributed by atoms with Crippen molar-refractivity contribution in [2.24, 2.45) is 0 Å². The molecule has 2 aromatic rings. The highest BCUT2D eigenvalue weighted by Gasteiger charge is 2.47. The summed E-state index contributed by atoms with van der Waals surface area (Å²) in [7, 11) is 1.41. The lowest BCUT2D eigenvalue weighted by atomic mass is 9.77. The lowest BCUT2D eigenvalue weighted by molar-refractivity contribution is -0.137. The van der Waals surface area contributed by atoms with Crippen LogP contribution in [0.4, 0.5) is 18.9 Å². The largest absolute Gasteiger partial charge is 0.495 e. The summed E-state index contributed by atoms with van der Waals surface area (Å²) < 4.78 is 43.9. The van der Waals surface area contributed by atoms with Gasteiger partial charge in [0.15, 0.2) is 0 Å². The summed E-state index contributed by atoms with van der Waals surface area (Å²) in [5, 5.41) is 2.66. The molecule has 0 saturated carbocycles. The molecule has 0 fully saturated rings. The van der Waals surface area contributed by atoms with E-state index in [9.17, 15) is 18.0 Å². The summed E-state index contributed by atoms with van der Waals surface area (Å²) in [4.78, 5) is 16.5. The number of nitrogens with zero attached hydrogens (tertiary/aromatic N) is 1. The summed E-state index contributed by atoms with van der Waals surface area (Å²) in [6.07, 6.45) is -3.12. The summed E-state index contributed by atoms with van der Waals surface area (Å²) >= 11 is 5.93. The second-order valence-corrected chi connectivity index (χ2v) is 5.93. The molecular weight excluding hydrogens is 345 g/mol. The van der Waals surface area contributed by atoms with Gasteiger partial charge < -0.3 is 10.1 Å². The molecule has 126 valence electrons. The van der Waals surface area contributed by atoms with Gasteiger partial charge in [-0.25, -0.2) is 4.98 Å². The fourth-order valence-corrected chi connectivity index (χ4v) is 3.03. The molecule has 2 heterocycles. The van der Waals surface area contributed by atoms with Crippen LogP contribution in [0.25, 0.3) is 0 Å². The number of alkyl halides is 3. The molecule has 1 amide bonds. The highest BCUT2D eigenvalue weighted by atomic mass is 35.5. The Morgan fingerprint density at radius 3 is 2.58 bits per heavy atom. The monoisotopic (exact) mass is 356 g/mol. The molecule has 3 rings (SSSR count). The van der Waals surface area contributed by atoms with Gasteiger partial charge >= 0.3 is 6.18 Å². The van der Waals surface area contributed by atoms with Crippen LogP contribution in [-0.2, 0) is 16.4 Å². The predicted octanol–water partition coefficient (Wildman–Crippen LogP) is 4.02. The highest BCUT2D eigenvalue weighted by Crippen LogP contribution is 2.47.